The summed E-state index contributed by atoms with van der Waals surface area (Å²) in [5, 5.41) is 35.0. The first kappa shape index (κ1) is 67.8. The van der Waals surface area contributed by atoms with Crippen molar-refractivity contribution in [2.75, 3.05) is 20.1 Å². The van der Waals surface area contributed by atoms with Crippen molar-refractivity contribution in [2.24, 2.45) is 5.73 Å². The maximum absolute atomic E-state index is 12.4. The number of hydrogen-bond donors (Lipinski definition) is 7. The number of nitrogens with two attached hydrogens (primary N) is 1. The molecule has 0 aliphatic carbocycles. The molecule has 18 nitrogen and oxygen atoms in total. The first-order valence-electron chi connectivity index (χ1n) is 21.5. The Labute approximate surface area is 396 Å². The van der Waals surface area contributed by atoms with Crippen LogP contribution in [0.5, 0.6) is 0 Å². The fraction of sp³-hybridized carbons (Fsp3) is 0.786. The van der Waals surface area contributed by atoms with E-state index in [2.05, 4.69) is 23.8 Å². The number of aliphatic carboxylic acids is 3. The van der Waals surface area contributed by atoms with Crippen molar-refractivity contribution in [2.45, 2.75) is 193 Å². The molecule has 0 aromatic carbocycles. The average molecular weight is 958 g/mol. The number of carbonyl (C=O) groups excluding carboxylic acids is 6. The van der Waals surface area contributed by atoms with Gasteiger partial charge in [0, 0.05) is 72.0 Å². The number of carbonyl (C=O) groups is 8. The fourth-order valence-corrected chi connectivity index (χ4v) is 5.31. The molecule has 3 unspecified atom stereocenters. The smallest absolute Gasteiger partial charge is 0.326 e. The maximum Gasteiger partial charge on any atom is 0.326 e. The van der Waals surface area contributed by atoms with E-state index >= 15 is 0 Å². The predicted molar refractivity (Wildman–Crippen MR) is 235 cm³/mol. The van der Waals surface area contributed by atoms with Crippen LogP contribution in [-0.2, 0) is 75.9 Å². The van der Waals surface area contributed by atoms with E-state index in [1.807, 2.05) is 13.8 Å². The van der Waals surface area contributed by atoms with Crippen LogP contribution in [0.15, 0.2) is 0 Å². The van der Waals surface area contributed by atoms with Gasteiger partial charge in [0.2, 0.25) is 23.6 Å². The van der Waals surface area contributed by atoms with Gasteiger partial charge in [0.25, 0.3) is 0 Å². The summed E-state index contributed by atoms with van der Waals surface area (Å²) in [6.07, 6.45) is 14.9. The molecule has 20 heteroatoms. The summed E-state index contributed by atoms with van der Waals surface area (Å²) >= 11 is 0. The molecule has 0 saturated heterocycles. The molecule has 3 atom stereocenters. The number of nitrogens with one attached hydrogen (secondary N) is 4. The molecule has 4 amide bonds. The van der Waals surface area contributed by atoms with Crippen molar-refractivity contribution in [3.05, 3.63) is 5.73 Å². The average Bonchev–Trinajstić information content (AvgIpc) is 3.21. The minimum atomic E-state index is -1.37. The summed E-state index contributed by atoms with van der Waals surface area (Å²) in [7, 11) is 5.95. The molecule has 0 aliphatic rings. The number of aldehydes is 1. The first-order valence-corrected chi connectivity index (χ1v) is 21.5. The van der Waals surface area contributed by atoms with E-state index in [1.54, 1.807) is 20.1 Å². The third kappa shape index (κ3) is 46.2. The Morgan fingerprint density at radius 2 is 1.05 bits per heavy atom. The standard InChI is InChI=1S/C35H60N5O11.C4H8NO.C2H6.CH3B.Y/c1-40(24-25-41)33(47)26(36)16-14-15-23-37-29(42)21-19-27(34(48)49)39-31(44)22-20-28(35(50)51)38-30(43)17-12-10-8-6-4-2-3-5-7-9-11-13-18-32(45)46;1-4(2,5)3-6;2*1-2;/h26-28H,2-24,36H2,1H3,(H,37,42)(H,38,43)(H,39,44)(H,45,46)(H,48,49)(H,50,51);3,5H,1-2H3;1-2H3;1H3;/q2*-1;;;. The fourth-order valence-electron chi connectivity index (χ4n) is 5.31. The van der Waals surface area contributed by atoms with Crippen LogP contribution in [0.2, 0.25) is 6.82 Å². The summed E-state index contributed by atoms with van der Waals surface area (Å²) < 4.78 is 0. The van der Waals surface area contributed by atoms with E-state index in [9.17, 15) is 53.4 Å². The van der Waals surface area contributed by atoms with Crippen molar-refractivity contribution < 1.29 is 91.2 Å². The zero-order chi connectivity index (χ0) is 47.6. The van der Waals surface area contributed by atoms with Gasteiger partial charge < -0.3 is 57.2 Å². The van der Waals surface area contributed by atoms with Crippen LogP contribution in [0, 0.1) is 0 Å². The van der Waals surface area contributed by atoms with Gasteiger partial charge in [-0.3, -0.25) is 24.0 Å². The number of likely N-dealkylation sites (N-methyl/N-ethyl adjacent to an activating group) is 1. The number of rotatable bonds is 34. The van der Waals surface area contributed by atoms with Gasteiger partial charge in [0.1, 0.15) is 18.4 Å². The normalized spacial score (nSPS) is 11.6. The Balaban J connectivity index is -0.000000887. The Kier molecular flexibility index (Phi) is 50.0. The second kappa shape index (κ2) is 45.7. The monoisotopic (exact) mass is 957 g/mol. The number of amides is 4. The van der Waals surface area contributed by atoms with E-state index in [1.165, 1.54) is 18.8 Å². The summed E-state index contributed by atoms with van der Waals surface area (Å²) in [6.45, 7) is 8.68. The van der Waals surface area contributed by atoms with Crippen LogP contribution in [0.3, 0.4) is 0 Å². The predicted octanol–water partition coefficient (Wildman–Crippen LogP) is 4.66. The molecule has 0 aliphatic heterocycles. The third-order valence-electron chi connectivity index (χ3n) is 8.69. The minimum absolute atomic E-state index is 0. The third-order valence-corrected chi connectivity index (χ3v) is 8.69. The van der Waals surface area contributed by atoms with Crippen molar-refractivity contribution in [1.29, 1.82) is 0 Å². The van der Waals surface area contributed by atoms with Gasteiger partial charge in [-0.05, 0) is 44.9 Å². The molecule has 0 fully saturated rings. The van der Waals surface area contributed by atoms with Crippen LogP contribution < -0.4 is 21.7 Å². The zero-order valence-electron chi connectivity index (χ0n) is 38.3. The quantitative estimate of drug-likeness (QED) is 0.0200. The number of nitrogens with zero attached hydrogens (tertiary/aromatic N) is 1. The number of carboxylic acid groups (broad SMARTS) is 3. The van der Waals surface area contributed by atoms with Crippen molar-refractivity contribution >= 4 is 62.0 Å². The van der Waals surface area contributed by atoms with Gasteiger partial charge in [-0.1, -0.05) is 111 Å². The van der Waals surface area contributed by atoms with Crippen LogP contribution in [-0.4, -0.2) is 126 Å². The van der Waals surface area contributed by atoms with Gasteiger partial charge in [-0.25, -0.2) is 15.9 Å². The maximum atomic E-state index is 12.4. The zero-order valence-corrected chi connectivity index (χ0v) is 41.1. The van der Waals surface area contributed by atoms with Crippen LogP contribution in [0.4, 0.5) is 0 Å². The molecule has 0 spiro atoms. The molecule has 0 heterocycles. The minimum Gasteiger partial charge on any atom is -0.666 e. The summed E-state index contributed by atoms with van der Waals surface area (Å²) in [5.74, 6) is -5.37. The number of unbranched alkanes of at least 4 members (excludes halogenated alkanes) is 12. The Bertz CT molecular complexity index is 1240. The molecule has 62 heavy (non-hydrogen) atoms. The molecule has 0 aromatic heterocycles. The van der Waals surface area contributed by atoms with Gasteiger partial charge in [0.15, 0.2) is 0 Å². The first-order chi connectivity index (χ1) is 28.8. The number of carboxylic acids is 3. The van der Waals surface area contributed by atoms with Crippen molar-refractivity contribution in [1.82, 2.24) is 20.9 Å². The number of hydrogen-bond acceptors (Lipinski definition) is 10. The SMILES string of the molecule is CC.CC(C)([NH-])C=O.CN(C[C-]=O)C(=O)C(N)CCCCNC(=O)CCC(NC(=O)CCC(NC(=O)CCCCCCCCCCCCCCC(=O)O)C(=O)O)C(=O)O.[B]C.[Y]. The van der Waals surface area contributed by atoms with Crippen LogP contribution in [0.25, 0.3) is 5.73 Å². The second-order valence-corrected chi connectivity index (χ2v) is 14.8. The van der Waals surface area contributed by atoms with Crippen molar-refractivity contribution in [3.8, 4) is 0 Å². The van der Waals surface area contributed by atoms with Gasteiger partial charge in [-0.15, -0.1) is 0 Å². The molecule has 0 saturated carbocycles. The molecule has 9 N–H and O–H groups in total. The van der Waals surface area contributed by atoms with Crippen LogP contribution in [0.1, 0.15) is 163 Å². The van der Waals surface area contributed by atoms with Gasteiger partial charge in [0.05, 0.1) is 13.9 Å². The van der Waals surface area contributed by atoms with Gasteiger partial charge >= 0.3 is 17.9 Å². The Morgan fingerprint density at radius 1 is 0.677 bits per heavy atom. The molecule has 355 valence electrons. The molecule has 0 rings (SSSR count). The molecule has 0 aromatic rings. The topological polar surface area (TPSA) is 303 Å². The summed E-state index contributed by atoms with van der Waals surface area (Å²) in [4.78, 5) is 104. The van der Waals surface area contributed by atoms with E-state index in [0.29, 0.717) is 32.0 Å². The van der Waals surface area contributed by atoms with E-state index in [-0.39, 0.29) is 90.2 Å². The van der Waals surface area contributed by atoms with Gasteiger partial charge in [-0.2, -0.15) is 0 Å². The van der Waals surface area contributed by atoms with Crippen LogP contribution >= 0.6 is 0 Å². The Hall–Kier alpha value is -3.28. The Morgan fingerprint density at radius 3 is 1.42 bits per heavy atom. The molecule has 3 radical (unpaired) electrons. The van der Waals surface area contributed by atoms with E-state index < -0.39 is 59.3 Å². The molecular formula is C42H77BN6O12Y-2. The van der Waals surface area contributed by atoms with E-state index in [0.717, 1.165) is 70.6 Å². The second-order valence-electron chi connectivity index (χ2n) is 14.8. The van der Waals surface area contributed by atoms with E-state index in [4.69, 9.17) is 16.6 Å². The van der Waals surface area contributed by atoms with Crippen molar-refractivity contribution in [3.63, 3.8) is 0 Å². The summed E-state index contributed by atoms with van der Waals surface area (Å²) in [5.41, 5.74) is 11.7. The summed E-state index contributed by atoms with van der Waals surface area (Å²) in [6, 6.07) is -3.46. The molecule has 0 bridgehead atoms. The molecular weight excluding hydrogens is 880 g/mol. The largest absolute Gasteiger partial charge is 0.666 e.